The molecule has 2 aromatic rings. The van der Waals surface area contributed by atoms with Crippen molar-refractivity contribution in [3.63, 3.8) is 0 Å². The highest BCUT2D eigenvalue weighted by atomic mass is 16.2. The lowest BCUT2D eigenvalue weighted by Gasteiger charge is -2.22. The molecule has 104 valence electrons. The van der Waals surface area contributed by atoms with Crippen molar-refractivity contribution < 1.29 is 4.79 Å². The summed E-state index contributed by atoms with van der Waals surface area (Å²) in [5.74, 6) is 0.0228. The number of carbonyl (C=O) groups is 1. The molecule has 3 rings (SSSR count). The van der Waals surface area contributed by atoms with Gasteiger partial charge < -0.3 is 10.3 Å². The van der Waals surface area contributed by atoms with E-state index in [-0.39, 0.29) is 11.9 Å². The molecule has 3 N–H and O–H groups in total. The van der Waals surface area contributed by atoms with Crippen molar-refractivity contribution in [3.05, 3.63) is 47.8 Å². The van der Waals surface area contributed by atoms with E-state index >= 15 is 0 Å². The Morgan fingerprint density at radius 3 is 3.20 bits per heavy atom. The van der Waals surface area contributed by atoms with Gasteiger partial charge in [0.05, 0.1) is 23.8 Å². The molecular formula is C14H17N5O. The van der Waals surface area contributed by atoms with Crippen LogP contribution in [0.1, 0.15) is 17.1 Å². The van der Waals surface area contributed by atoms with Crippen LogP contribution in [0.4, 0.5) is 0 Å². The number of aromatic nitrogens is 3. The number of rotatable bonds is 4. The molecule has 20 heavy (non-hydrogen) atoms. The van der Waals surface area contributed by atoms with Crippen LogP contribution in [-0.2, 0) is 24.2 Å². The number of amides is 1. The van der Waals surface area contributed by atoms with E-state index in [1.165, 1.54) is 0 Å². The summed E-state index contributed by atoms with van der Waals surface area (Å²) in [6.07, 6.45) is 4.81. The van der Waals surface area contributed by atoms with Gasteiger partial charge in [0.2, 0.25) is 5.91 Å². The van der Waals surface area contributed by atoms with Crippen LogP contribution in [0.2, 0.25) is 0 Å². The summed E-state index contributed by atoms with van der Waals surface area (Å²) in [6, 6.07) is 5.59. The monoisotopic (exact) mass is 271 g/mol. The van der Waals surface area contributed by atoms with Crippen molar-refractivity contribution in [1.29, 1.82) is 0 Å². The first kappa shape index (κ1) is 12.8. The van der Waals surface area contributed by atoms with Gasteiger partial charge in [-0.1, -0.05) is 6.07 Å². The van der Waals surface area contributed by atoms with Gasteiger partial charge in [0.25, 0.3) is 0 Å². The van der Waals surface area contributed by atoms with E-state index in [2.05, 4.69) is 25.6 Å². The Hall–Kier alpha value is -2.21. The molecule has 1 atom stereocenters. The summed E-state index contributed by atoms with van der Waals surface area (Å²) < 4.78 is 0. The zero-order chi connectivity index (χ0) is 13.8. The molecule has 1 aliphatic rings. The third-order valence-electron chi connectivity index (χ3n) is 3.45. The van der Waals surface area contributed by atoms with E-state index < -0.39 is 0 Å². The van der Waals surface area contributed by atoms with Gasteiger partial charge >= 0.3 is 0 Å². The zero-order valence-corrected chi connectivity index (χ0v) is 11.1. The fraction of sp³-hybridized carbons (Fsp3) is 0.357. The van der Waals surface area contributed by atoms with Gasteiger partial charge in [0, 0.05) is 37.8 Å². The summed E-state index contributed by atoms with van der Waals surface area (Å²) >= 11 is 0. The summed E-state index contributed by atoms with van der Waals surface area (Å²) in [5.41, 5.74) is 3.04. The second kappa shape index (κ2) is 5.83. The van der Waals surface area contributed by atoms with Gasteiger partial charge in [-0.3, -0.25) is 15.1 Å². The number of H-pyrrole nitrogens is 1. The molecule has 1 unspecified atom stereocenters. The second-order valence-electron chi connectivity index (χ2n) is 4.83. The Kier molecular flexibility index (Phi) is 3.73. The summed E-state index contributed by atoms with van der Waals surface area (Å²) in [7, 11) is 0. The lowest BCUT2D eigenvalue weighted by Crippen LogP contribution is -2.48. The fourth-order valence-corrected chi connectivity index (χ4v) is 2.34. The highest BCUT2D eigenvalue weighted by molar-refractivity contribution is 5.82. The summed E-state index contributed by atoms with van der Waals surface area (Å²) in [6.45, 7) is 1.26. The van der Waals surface area contributed by atoms with Crippen molar-refractivity contribution in [2.45, 2.75) is 25.4 Å². The van der Waals surface area contributed by atoms with E-state index in [1.54, 1.807) is 12.5 Å². The van der Waals surface area contributed by atoms with Gasteiger partial charge in [0.15, 0.2) is 0 Å². The number of fused-ring (bicyclic) bond motifs is 1. The van der Waals surface area contributed by atoms with Crippen LogP contribution in [0.15, 0.2) is 30.7 Å². The highest BCUT2D eigenvalue weighted by Crippen LogP contribution is 2.11. The van der Waals surface area contributed by atoms with E-state index in [4.69, 9.17) is 0 Å². The number of nitrogens with zero attached hydrogens (tertiary/aromatic N) is 2. The first-order valence-corrected chi connectivity index (χ1v) is 6.75. The van der Waals surface area contributed by atoms with Crippen LogP contribution >= 0.6 is 0 Å². The molecule has 0 bridgehead atoms. The van der Waals surface area contributed by atoms with Crippen LogP contribution in [0.3, 0.4) is 0 Å². The van der Waals surface area contributed by atoms with Crippen molar-refractivity contribution in [3.8, 4) is 0 Å². The summed E-state index contributed by atoms with van der Waals surface area (Å²) in [4.78, 5) is 23.6. The van der Waals surface area contributed by atoms with Crippen LogP contribution in [0, 0.1) is 0 Å². The van der Waals surface area contributed by atoms with Crippen LogP contribution in [-0.4, -0.2) is 33.4 Å². The predicted octanol–water partition coefficient (Wildman–Crippen LogP) is 0.178. The minimum absolute atomic E-state index is 0.0228. The van der Waals surface area contributed by atoms with Crippen LogP contribution in [0.25, 0.3) is 0 Å². The third kappa shape index (κ3) is 2.85. The van der Waals surface area contributed by atoms with Gasteiger partial charge in [-0.25, -0.2) is 4.98 Å². The molecule has 0 aliphatic carbocycles. The predicted molar refractivity (Wildman–Crippen MR) is 73.9 cm³/mol. The number of hydrogen-bond donors (Lipinski definition) is 3. The quantitative estimate of drug-likeness (QED) is 0.740. The molecule has 6 heteroatoms. The average molecular weight is 271 g/mol. The highest BCUT2D eigenvalue weighted by Gasteiger charge is 2.25. The molecule has 0 saturated heterocycles. The standard InChI is InChI=1S/C14H17N5O/c20-14(16-6-4-10-3-1-2-5-15-10)12-7-11-13(8-17-12)19-9-18-11/h1-3,5,9,12,17H,4,6-8H2,(H,16,20)(H,18,19). The molecule has 0 saturated carbocycles. The summed E-state index contributed by atoms with van der Waals surface area (Å²) in [5, 5.41) is 6.16. The fourth-order valence-electron chi connectivity index (χ4n) is 2.34. The molecule has 6 nitrogen and oxygen atoms in total. The lowest BCUT2D eigenvalue weighted by molar-refractivity contribution is -0.123. The Bertz CT molecular complexity index is 580. The number of aromatic amines is 1. The van der Waals surface area contributed by atoms with Crippen molar-refractivity contribution in [2.75, 3.05) is 6.54 Å². The smallest absolute Gasteiger partial charge is 0.237 e. The van der Waals surface area contributed by atoms with E-state index in [0.717, 1.165) is 23.5 Å². The number of hydrogen-bond acceptors (Lipinski definition) is 4. The maximum absolute atomic E-state index is 12.1. The number of carbonyl (C=O) groups excluding carboxylic acids is 1. The van der Waals surface area contributed by atoms with E-state index in [0.29, 0.717) is 19.5 Å². The van der Waals surface area contributed by atoms with Gasteiger partial charge in [-0.05, 0) is 12.1 Å². The molecule has 0 spiro atoms. The van der Waals surface area contributed by atoms with Crippen molar-refractivity contribution >= 4 is 5.91 Å². The van der Waals surface area contributed by atoms with Crippen molar-refractivity contribution in [2.24, 2.45) is 0 Å². The Morgan fingerprint density at radius 1 is 1.40 bits per heavy atom. The molecular weight excluding hydrogens is 254 g/mol. The van der Waals surface area contributed by atoms with Gasteiger partial charge in [-0.15, -0.1) is 0 Å². The molecule has 0 fully saturated rings. The normalized spacial score (nSPS) is 17.5. The van der Waals surface area contributed by atoms with Crippen LogP contribution in [0.5, 0.6) is 0 Å². The molecule has 1 aliphatic heterocycles. The maximum Gasteiger partial charge on any atom is 0.237 e. The van der Waals surface area contributed by atoms with Crippen LogP contribution < -0.4 is 10.6 Å². The topological polar surface area (TPSA) is 82.7 Å². The third-order valence-corrected chi connectivity index (χ3v) is 3.45. The second-order valence-corrected chi connectivity index (χ2v) is 4.83. The SMILES string of the molecule is O=C(NCCc1ccccn1)C1Cc2nc[nH]c2CN1. The molecule has 1 amide bonds. The molecule has 3 heterocycles. The van der Waals surface area contributed by atoms with E-state index in [9.17, 15) is 4.79 Å². The van der Waals surface area contributed by atoms with Crippen molar-refractivity contribution in [1.82, 2.24) is 25.6 Å². The Balaban J connectivity index is 1.48. The minimum atomic E-state index is -0.200. The number of nitrogens with one attached hydrogen (secondary N) is 3. The maximum atomic E-state index is 12.1. The first-order chi connectivity index (χ1) is 9.83. The molecule has 2 aromatic heterocycles. The van der Waals surface area contributed by atoms with Gasteiger partial charge in [-0.2, -0.15) is 0 Å². The minimum Gasteiger partial charge on any atom is -0.354 e. The molecule has 0 radical (unpaired) electrons. The average Bonchev–Trinajstić information content (AvgIpc) is 2.95. The lowest BCUT2D eigenvalue weighted by atomic mass is 10.0. The Morgan fingerprint density at radius 2 is 2.35 bits per heavy atom. The number of imidazole rings is 1. The number of pyridine rings is 1. The van der Waals surface area contributed by atoms with Gasteiger partial charge in [0.1, 0.15) is 0 Å². The Labute approximate surface area is 117 Å². The van der Waals surface area contributed by atoms with E-state index in [1.807, 2.05) is 18.2 Å². The first-order valence-electron chi connectivity index (χ1n) is 6.75. The zero-order valence-electron chi connectivity index (χ0n) is 11.1. The largest absolute Gasteiger partial charge is 0.354 e. The molecule has 0 aromatic carbocycles.